The van der Waals surface area contributed by atoms with Crippen LogP contribution in [0.5, 0.6) is 0 Å². The lowest BCUT2D eigenvalue weighted by molar-refractivity contribution is 0.0702. The Morgan fingerprint density at radius 2 is 2.00 bits per heavy atom. The van der Waals surface area contributed by atoms with Gasteiger partial charge in [0, 0.05) is 37.1 Å². The number of aryl methyl sites for hydroxylation is 1. The van der Waals surface area contributed by atoms with Gasteiger partial charge in [0.2, 0.25) is 10.0 Å². The summed E-state index contributed by atoms with van der Waals surface area (Å²) in [5.74, 6) is 0.139. The van der Waals surface area contributed by atoms with Crippen molar-refractivity contribution < 1.29 is 17.6 Å². The van der Waals surface area contributed by atoms with E-state index < -0.39 is 10.0 Å². The highest BCUT2D eigenvalue weighted by Gasteiger charge is 2.33. The number of amides is 1. The molecule has 1 saturated heterocycles. The molecule has 0 spiro atoms. The molecule has 2 aliphatic heterocycles. The van der Waals surface area contributed by atoms with Crippen LogP contribution >= 0.6 is 11.3 Å². The molecule has 0 aliphatic carbocycles. The molecular formula is C17H20N2O4S2. The van der Waals surface area contributed by atoms with Crippen LogP contribution in [-0.2, 0) is 23.0 Å². The topological polar surface area (TPSA) is 70.8 Å². The molecular weight excluding hydrogens is 360 g/mol. The number of carbonyl (C=O) groups is 1. The van der Waals surface area contributed by atoms with Crippen molar-refractivity contribution in [3.63, 3.8) is 0 Å². The number of furan rings is 1. The third-order valence-corrected chi connectivity index (χ3v) is 7.89. The number of nitrogens with zero attached hydrogens (tertiary/aromatic N) is 2. The Balaban J connectivity index is 1.59. The van der Waals surface area contributed by atoms with Crippen molar-refractivity contribution in [1.82, 2.24) is 9.21 Å². The fraction of sp³-hybridized carbons (Fsp3) is 0.471. The van der Waals surface area contributed by atoms with E-state index in [2.05, 4.69) is 0 Å². The smallest absolute Gasteiger partial charge is 0.289 e. The van der Waals surface area contributed by atoms with Crippen molar-refractivity contribution in [1.29, 1.82) is 0 Å². The van der Waals surface area contributed by atoms with Crippen LogP contribution in [-0.4, -0.2) is 43.2 Å². The predicted octanol–water partition coefficient (Wildman–Crippen LogP) is 2.63. The molecule has 134 valence electrons. The largest absolute Gasteiger partial charge is 0.455 e. The molecule has 0 atom stereocenters. The first-order chi connectivity index (χ1) is 12.0. The Morgan fingerprint density at radius 1 is 1.24 bits per heavy atom. The van der Waals surface area contributed by atoms with Gasteiger partial charge in [-0.2, -0.15) is 4.31 Å². The van der Waals surface area contributed by atoms with Crippen molar-refractivity contribution in [2.24, 2.45) is 0 Å². The van der Waals surface area contributed by atoms with E-state index in [1.165, 1.54) is 15.2 Å². The number of hydrogen-bond acceptors (Lipinski definition) is 5. The zero-order valence-corrected chi connectivity index (χ0v) is 15.7. The van der Waals surface area contributed by atoms with E-state index in [0.717, 1.165) is 24.8 Å². The van der Waals surface area contributed by atoms with Crippen LogP contribution in [0, 0.1) is 6.92 Å². The average molecular weight is 380 g/mol. The van der Waals surface area contributed by atoms with Crippen LogP contribution in [0.3, 0.4) is 0 Å². The van der Waals surface area contributed by atoms with E-state index >= 15 is 0 Å². The third-order valence-electron chi connectivity index (χ3n) is 4.86. The highest BCUT2D eigenvalue weighted by Crippen LogP contribution is 2.29. The molecule has 2 aromatic rings. The van der Waals surface area contributed by atoms with Crippen molar-refractivity contribution in [3.05, 3.63) is 39.5 Å². The van der Waals surface area contributed by atoms with E-state index in [1.54, 1.807) is 23.2 Å². The minimum Gasteiger partial charge on any atom is -0.455 e. The Morgan fingerprint density at radius 3 is 2.76 bits per heavy atom. The Kier molecular flexibility index (Phi) is 4.21. The third kappa shape index (κ3) is 2.92. The molecule has 4 heterocycles. The number of carbonyl (C=O) groups excluding carboxylic acids is 1. The Hall–Kier alpha value is -1.64. The van der Waals surface area contributed by atoms with E-state index in [0.29, 0.717) is 26.2 Å². The number of thiophene rings is 1. The maximum Gasteiger partial charge on any atom is 0.289 e. The standard InChI is InChI=1S/C17H20N2O4S2/c1-12-16(25(21,22)19-6-2-3-7-19)10-14(23-12)17(20)18-8-4-15-13(11-18)5-9-24-15/h5,9-10H,2-4,6-8,11H2,1H3. The molecule has 8 heteroatoms. The summed E-state index contributed by atoms with van der Waals surface area (Å²) in [5.41, 5.74) is 1.16. The van der Waals surface area contributed by atoms with Crippen molar-refractivity contribution in [2.45, 2.75) is 37.6 Å². The molecule has 2 aliphatic rings. The summed E-state index contributed by atoms with van der Waals surface area (Å²) in [4.78, 5) is 15.9. The highest BCUT2D eigenvalue weighted by molar-refractivity contribution is 7.89. The van der Waals surface area contributed by atoms with Crippen molar-refractivity contribution in [2.75, 3.05) is 19.6 Å². The van der Waals surface area contributed by atoms with Gasteiger partial charge in [0.15, 0.2) is 5.76 Å². The maximum absolute atomic E-state index is 12.8. The lowest BCUT2D eigenvalue weighted by atomic mass is 10.1. The zero-order valence-electron chi connectivity index (χ0n) is 14.0. The molecule has 6 nitrogen and oxygen atoms in total. The summed E-state index contributed by atoms with van der Waals surface area (Å²) >= 11 is 1.71. The first-order valence-corrected chi connectivity index (χ1v) is 10.7. The quantitative estimate of drug-likeness (QED) is 0.821. The Bertz CT molecular complexity index is 907. The van der Waals surface area contributed by atoms with Crippen LogP contribution in [0.15, 0.2) is 26.8 Å². The fourth-order valence-electron chi connectivity index (χ4n) is 3.47. The molecule has 0 N–H and O–H groups in total. The number of fused-ring (bicyclic) bond motifs is 1. The summed E-state index contributed by atoms with van der Waals surface area (Å²) in [6, 6.07) is 3.44. The lowest BCUT2D eigenvalue weighted by Gasteiger charge is -2.26. The summed E-state index contributed by atoms with van der Waals surface area (Å²) in [7, 11) is -3.58. The average Bonchev–Trinajstić information content (AvgIpc) is 3.33. The molecule has 1 amide bonds. The van der Waals surface area contributed by atoms with E-state index in [9.17, 15) is 13.2 Å². The van der Waals surface area contributed by atoms with Gasteiger partial charge in [-0.3, -0.25) is 4.79 Å². The number of rotatable bonds is 3. The minimum absolute atomic E-state index is 0.106. The van der Waals surface area contributed by atoms with Gasteiger partial charge in [-0.05, 0) is 43.2 Å². The SMILES string of the molecule is Cc1oc(C(=O)N2CCc3sccc3C2)cc1S(=O)(=O)N1CCCC1. The van der Waals surface area contributed by atoms with E-state index in [-0.39, 0.29) is 22.3 Å². The van der Waals surface area contributed by atoms with Gasteiger partial charge in [-0.1, -0.05) is 0 Å². The summed E-state index contributed by atoms with van der Waals surface area (Å²) < 4.78 is 32.5. The van der Waals surface area contributed by atoms with Gasteiger partial charge in [0.05, 0.1) is 0 Å². The molecule has 1 fully saturated rings. The fourth-order valence-corrected chi connectivity index (χ4v) is 6.04. The summed E-state index contributed by atoms with van der Waals surface area (Å²) in [5, 5.41) is 2.04. The second-order valence-corrected chi connectivity index (χ2v) is 9.40. The van der Waals surface area contributed by atoms with E-state index in [1.807, 2.05) is 11.4 Å². The molecule has 0 saturated carbocycles. The zero-order chi connectivity index (χ0) is 17.6. The van der Waals surface area contributed by atoms with Crippen LogP contribution in [0.1, 0.15) is 39.6 Å². The predicted molar refractivity (Wildman–Crippen MR) is 94.2 cm³/mol. The van der Waals surface area contributed by atoms with Crippen LogP contribution in [0.25, 0.3) is 0 Å². The summed E-state index contributed by atoms with van der Waals surface area (Å²) in [6.45, 7) is 3.84. The van der Waals surface area contributed by atoms with Crippen LogP contribution < -0.4 is 0 Å². The maximum atomic E-state index is 12.8. The molecule has 25 heavy (non-hydrogen) atoms. The molecule has 0 unspecified atom stereocenters. The first kappa shape index (κ1) is 16.8. The first-order valence-electron chi connectivity index (χ1n) is 8.42. The van der Waals surface area contributed by atoms with Crippen molar-refractivity contribution >= 4 is 27.3 Å². The van der Waals surface area contributed by atoms with Gasteiger partial charge < -0.3 is 9.32 Å². The number of sulfonamides is 1. The van der Waals surface area contributed by atoms with Gasteiger partial charge in [-0.25, -0.2) is 8.42 Å². The number of hydrogen-bond donors (Lipinski definition) is 0. The molecule has 0 radical (unpaired) electrons. The molecule has 0 aromatic carbocycles. The van der Waals surface area contributed by atoms with Gasteiger partial charge >= 0.3 is 0 Å². The van der Waals surface area contributed by atoms with Gasteiger partial charge in [0.1, 0.15) is 10.7 Å². The lowest BCUT2D eigenvalue weighted by Crippen LogP contribution is -2.35. The van der Waals surface area contributed by atoms with Gasteiger partial charge in [-0.15, -0.1) is 11.3 Å². The second-order valence-electron chi connectivity index (χ2n) is 6.49. The van der Waals surface area contributed by atoms with E-state index in [4.69, 9.17) is 4.42 Å². The Labute approximate surface area is 151 Å². The monoisotopic (exact) mass is 380 g/mol. The van der Waals surface area contributed by atoms with Gasteiger partial charge in [0.25, 0.3) is 5.91 Å². The second kappa shape index (κ2) is 6.26. The molecule has 0 bridgehead atoms. The highest BCUT2D eigenvalue weighted by atomic mass is 32.2. The molecule has 2 aromatic heterocycles. The van der Waals surface area contributed by atoms with Crippen LogP contribution in [0.2, 0.25) is 0 Å². The minimum atomic E-state index is -3.58. The normalized spacial score (nSPS) is 18.5. The van der Waals surface area contributed by atoms with Crippen molar-refractivity contribution in [3.8, 4) is 0 Å². The van der Waals surface area contributed by atoms with Crippen LogP contribution in [0.4, 0.5) is 0 Å². The summed E-state index contributed by atoms with van der Waals surface area (Å²) in [6.07, 6.45) is 2.58. The molecule has 4 rings (SSSR count).